The lowest BCUT2D eigenvalue weighted by molar-refractivity contribution is 0.538. The van der Waals surface area contributed by atoms with Crippen molar-refractivity contribution in [2.24, 2.45) is 11.8 Å². The number of anilines is 5. The summed E-state index contributed by atoms with van der Waals surface area (Å²) in [5, 5.41) is 6.97. The smallest absolute Gasteiger partial charge is 0.0470 e. The van der Waals surface area contributed by atoms with Crippen LogP contribution >= 0.6 is 0 Å². The Bertz CT molecular complexity index is 1510. The molecule has 4 nitrogen and oxygen atoms in total. The monoisotopic (exact) mass is 566 g/mol. The molecule has 0 bridgehead atoms. The number of nitrogens with one attached hydrogen (secondary N) is 2. The van der Waals surface area contributed by atoms with Crippen LogP contribution in [0.5, 0.6) is 0 Å². The van der Waals surface area contributed by atoms with E-state index in [2.05, 4.69) is 107 Å². The average molecular weight is 567 g/mol. The highest BCUT2D eigenvalue weighted by atomic mass is 15.2. The van der Waals surface area contributed by atoms with Crippen LogP contribution in [0.15, 0.2) is 145 Å². The maximum absolute atomic E-state index is 5.98. The second-order valence-corrected chi connectivity index (χ2v) is 11.6. The van der Waals surface area contributed by atoms with Crippen molar-refractivity contribution >= 4 is 28.4 Å². The Morgan fingerprint density at radius 1 is 0.744 bits per heavy atom. The number of rotatable bonds is 4. The summed E-state index contributed by atoms with van der Waals surface area (Å²) >= 11 is 0. The van der Waals surface area contributed by atoms with E-state index < -0.39 is 0 Å². The Morgan fingerprint density at radius 2 is 1.40 bits per heavy atom. The van der Waals surface area contributed by atoms with Gasteiger partial charge in [0, 0.05) is 59.6 Å². The lowest BCUT2D eigenvalue weighted by atomic mass is 9.90. The zero-order valence-electron chi connectivity index (χ0n) is 24.9. The molecule has 4 unspecified atom stereocenters. The molecule has 4 aromatic rings. The van der Waals surface area contributed by atoms with Crippen molar-refractivity contribution in [1.29, 1.82) is 0 Å². The quantitative estimate of drug-likeness (QED) is 0.215. The Kier molecular flexibility index (Phi) is 8.93. The molecule has 0 saturated heterocycles. The highest BCUT2D eigenvalue weighted by Gasteiger charge is 2.40. The van der Waals surface area contributed by atoms with Gasteiger partial charge in [-0.25, -0.2) is 0 Å². The van der Waals surface area contributed by atoms with Crippen LogP contribution in [0, 0.1) is 11.8 Å². The first kappa shape index (κ1) is 28.4. The molecule has 0 radical (unpaired) electrons. The predicted octanol–water partition coefficient (Wildman–Crippen LogP) is 9.53. The molecule has 1 fully saturated rings. The van der Waals surface area contributed by atoms with Gasteiger partial charge in [-0.15, -0.1) is 0 Å². The molecule has 1 aliphatic heterocycles. The largest absolute Gasteiger partial charge is 0.399 e. The minimum Gasteiger partial charge on any atom is -0.399 e. The Labute approximate surface area is 256 Å². The van der Waals surface area contributed by atoms with Crippen LogP contribution in [-0.2, 0) is 0 Å². The van der Waals surface area contributed by atoms with E-state index in [-0.39, 0.29) is 0 Å². The third kappa shape index (κ3) is 7.03. The Morgan fingerprint density at radius 3 is 2.02 bits per heavy atom. The molecule has 4 aliphatic rings. The third-order valence-electron chi connectivity index (χ3n) is 8.71. The van der Waals surface area contributed by atoms with Gasteiger partial charge in [0.2, 0.25) is 0 Å². The van der Waals surface area contributed by atoms with Gasteiger partial charge in [-0.1, -0.05) is 91.0 Å². The number of nitrogens with two attached hydrogens (primary N) is 1. The van der Waals surface area contributed by atoms with Crippen LogP contribution in [0.2, 0.25) is 0 Å². The van der Waals surface area contributed by atoms with Gasteiger partial charge in [0.05, 0.1) is 0 Å². The number of hydrogen-bond acceptors (Lipinski definition) is 4. The first-order chi connectivity index (χ1) is 21.2. The van der Waals surface area contributed by atoms with Gasteiger partial charge in [0.1, 0.15) is 0 Å². The molecule has 0 amide bonds. The summed E-state index contributed by atoms with van der Waals surface area (Å²) < 4.78 is 0. The van der Waals surface area contributed by atoms with Crippen LogP contribution in [0.1, 0.15) is 37.2 Å². The summed E-state index contributed by atoms with van der Waals surface area (Å²) in [7, 11) is 1.98. The first-order valence-electron chi connectivity index (χ1n) is 15.5. The summed E-state index contributed by atoms with van der Waals surface area (Å²) in [4.78, 5) is 2.52. The van der Waals surface area contributed by atoms with Gasteiger partial charge in [0.25, 0.3) is 0 Å². The van der Waals surface area contributed by atoms with Gasteiger partial charge in [-0.05, 0) is 85.2 Å². The summed E-state index contributed by atoms with van der Waals surface area (Å²) in [5.74, 6) is 2.38. The normalized spacial score (nSPS) is 22.2. The number of fused-ring (bicyclic) bond motifs is 4. The molecule has 218 valence electrons. The summed E-state index contributed by atoms with van der Waals surface area (Å²) in [6.07, 6.45) is 15.9. The van der Waals surface area contributed by atoms with E-state index in [1.165, 1.54) is 29.1 Å². The number of nitrogen functional groups attached to an aromatic ring is 1. The van der Waals surface area contributed by atoms with Gasteiger partial charge in [-0.3, -0.25) is 0 Å². The first-order valence-corrected chi connectivity index (χ1v) is 15.5. The van der Waals surface area contributed by atoms with E-state index in [1.54, 1.807) is 0 Å². The van der Waals surface area contributed by atoms with Crippen molar-refractivity contribution in [2.75, 3.05) is 28.3 Å². The zero-order chi connectivity index (χ0) is 29.4. The molecule has 4 atom stereocenters. The van der Waals surface area contributed by atoms with E-state index in [0.29, 0.717) is 12.0 Å². The fourth-order valence-corrected chi connectivity index (χ4v) is 6.37. The Hall–Kier alpha value is -4.70. The molecule has 1 heterocycles. The van der Waals surface area contributed by atoms with Gasteiger partial charge < -0.3 is 21.3 Å². The maximum atomic E-state index is 5.98. The van der Waals surface area contributed by atoms with Crippen LogP contribution in [-0.4, -0.2) is 13.1 Å². The predicted molar refractivity (Wildman–Crippen MR) is 184 cm³/mol. The summed E-state index contributed by atoms with van der Waals surface area (Å²) in [5.41, 5.74) is 14.3. The fourth-order valence-electron chi connectivity index (χ4n) is 6.37. The number of benzene rings is 4. The lowest BCUT2D eigenvalue weighted by Gasteiger charge is -2.31. The van der Waals surface area contributed by atoms with Gasteiger partial charge >= 0.3 is 0 Å². The highest BCUT2D eigenvalue weighted by Crippen LogP contribution is 2.51. The third-order valence-corrected chi connectivity index (χ3v) is 8.71. The van der Waals surface area contributed by atoms with E-state index >= 15 is 0 Å². The van der Waals surface area contributed by atoms with Crippen LogP contribution in [0.4, 0.5) is 28.4 Å². The number of allylic oxidation sites excluding steroid dienone is 5. The average Bonchev–Trinajstić information content (AvgIpc) is 3.83. The van der Waals surface area contributed by atoms with Crippen molar-refractivity contribution in [3.05, 3.63) is 151 Å². The molecule has 8 rings (SSSR count). The standard InChI is InChI=1S/C26H28N4.C7H8.C6H6/c1-28-20-12-15-24-23-9-5-8-21(29-19-6-3-2-4-7-19)17-26(23)30(25(24)16-20)22-13-10-18(27)11-14-22;1-2-4-7-5-6(7)3-1;1-2-4-6-5-3-1/h2-4,6-8,10-16,23,26,28-29H,5,9,17,27H2,1H3;1-4,6-7H,5H2;1-6H. The second kappa shape index (κ2) is 13.5. The van der Waals surface area contributed by atoms with Crippen LogP contribution in [0.25, 0.3) is 0 Å². The summed E-state index contributed by atoms with van der Waals surface area (Å²) in [6.45, 7) is 0. The number of hydrogen-bond donors (Lipinski definition) is 3. The second-order valence-electron chi connectivity index (χ2n) is 11.6. The van der Waals surface area contributed by atoms with Gasteiger partial charge in [0.15, 0.2) is 0 Å². The minimum absolute atomic E-state index is 0.376. The van der Waals surface area contributed by atoms with E-state index in [4.69, 9.17) is 5.73 Å². The van der Waals surface area contributed by atoms with Gasteiger partial charge in [-0.2, -0.15) is 0 Å². The molecule has 0 aromatic heterocycles. The van der Waals surface area contributed by atoms with E-state index in [1.807, 2.05) is 55.6 Å². The zero-order valence-corrected chi connectivity index (χ0v) is 24.9. The SMILES string of the molecule is C1=CC2CC2C=C1.CNc1ccc2c(c1)N(c1ccc(N)cc1)C1CC(Nc3ccccc3)=CCCC21.c1ccccc1. The highest BCUT2D eigenvalue weighted by molar-refractivity contribution is 5.77. The van der Waals surface area contributed by atoms with Crippen molar-refractivity contribution < 1.29 is 0 Å². The van der Waals surface area contributed by atoms with Crippen LogP contribution in [0.3, 0.4) is 0 Å². The van der Waals surface area contributed by atoms with Crippen molar-refractivity contribution in [3.63, 3.8) is 0 Å². The molecule has 3 aliphatic carbocycles. The van der Waals surface area contributed by atoms with Crippen molar-refractivity contribution in [2.45, 2.75) is 37.6 Å². The molecule has 4 heteroatoms. The van der Waals surface area contributed by atoms with Crippen LogP contribution < -0.4 is 21.3 Å². The molecule has 4 N–H and O–H groups in total. The topological polar surface area (TPSA) is 53.3 Å². The van der Waals surface area contributed by atoms with E-state index in [0.717, 1.165) is 48.2 Å². The fraction of sp³-hybridized carbons (Fsp3) is 0.231. The molecular weight excluding hydrogens is 524 g/mol. The maximum Gasteiger partial charge on any atom is 0.0470 e. The molecule has 0 spiro atoms. The van der Waals surface area contributed by atoms with Crippen molar-refractivity contribution in [1.82, 2.24) is 0 Å². The minimum atomic E-state index is 0.376. The van der Waals surface area contributed by atoms with Crippen molar-refractivity contribution in [3.8, 4) is 0 Å². The van der Waals surface area contributed by atoms with E-state index in [9.17, 15) is 0 Å². The number of para-hydroxylation sites is 1. The molecule has 4 aromatic carbocycles. The summed E-state index contributed by atoms with van der Waals surface area (Å²) in [6, 6.07) is 37.9. The molecule has 43 heavy (non-hydrogen) atoms. The Balaban J connectivity index is 0.000000206. The molecule has 1 saturated carbocycles. The molecular formula is C39H42N4. The lowest BCUT2D eigenvalue weighted by Crippen LogP contribution is -2.31. The number of nitrogens with zero attached hydrogens (tertiary/aromatic N) is 1.